The minimum absolute atomic E-state index is 0.297. The van der Waals surface area contributed by atoms with Crippen LogP contribution in [0.25, 0.3) is 0 Å². The molecule has 0 unspecified atom stereocenters. The van der Waals surface area contributed by atoms with Crippen LogP contribution in [-0.2, 0) is 9.53 Å². The monoisotopic (exact) mass is 348 g/mol. The number of hydrogen-bond acceptors (Lipinski definition) is 2. The van der Waals surface area contributed by atoms with Gasteiger partial charge in [-0.15, -0.1) is 0 Å². The molecule has 0 radical (unpaired) electrons. The third kappa shape index (κ3) is 13.6. The summed E-state index contributed by atoms with van der Waals surface area (Å²) in [7, 11) is 0. The van der Waals surface area contributed by atoms with Crippen LogP contribution in [0.3, 0.4) is 0 Å². The lowest BCUT2D eigenvalue weighted by Gasteiger charge is -1.94. The predicted molar refractivity (Wildman–Crippen MR) is 105 cm³/mol. The lowest BCUT2D eigenvalue weighted by atomic mass is 10.1. The van der Waals surface area contributed by atoms with Crippen molar-refractivity contribution in [1.82, 2.24) is 0 Å². The highest BCUT2D eigenvalue weighted by Gasteiger charge is 2.35. The first-order chi connectivity index (χ1) is 12.2. The van der Waals surface area contributed by atoms with Gasteiger partial charge in [0.1, 0.15) is 0 Å². The molecule has 0 spiro atoms. The van der Waals surface area contributed by atoms with E-state index in [4.69, 9.17) is 9.84 Å². The van der Waals surface area contributed by atoms with Crippen LogP contribution < -0.4 is 0 Å². The number of allylic oxidation sites excluding steroid dienone is 4. The Morgan fingerprint density at radius 1 is 0.840 bits per heavy atom. The zero-order chi connectivity index (χ0) is 18.2. The van der Waals surface area contributed by atoms with E-state index in [0.29, 0.717) is 18.6 Å². The molecule has 1 saturated heterocycles. The van der Waals surface area contributed by atoms with Gasteiger partial charge in [-0.25, -0.2) is 0 Å². The largest absolute Gasteiger partial charge is 0.481 e. The molecule has 0 aromatic heterocycles. The predicted octanol–water partition coefficient (Wildman–Crippen LogP) is 6.21. The number of carboxylic acid groups (broad SMARTS) is 1. The molecule has 1 aliphatic rings. The molecular weight excluding hydrogens is 312 g/mol. The van der Waals surface area contributed by atoms with E-state index >= 15 is 0 Å². The standard InChI is InChI=1S/C22H36O3/c1-2-3-4-5-11-14-17-20-21(25-20)18-15-12-9-7-6-8-10-13-16-19-22(23)24/h6-7,11-12,14-15,20-21H,2-5,8-10,13,16-19H2,1H3,(H,23,24)/b7-6-,14-11-,15-12-/t20-,21+/m0/s1. The highest BCUT2D eigenvalue weighted by molar-refractivity contribution is 5.66. The van der Waals surface area contributed by atoms with Crippen LogP contribution in [0, 0.1) is 0 Å². The van der Waals surface area contributed by atoms with Crippen molar-refractivity contribution in [2.24, 2.45) is 0 Å². The summed E-state index contributed by atoms with van der Waals surface area (Å²) in [5.74, 6) is -0.689. The highest BCUT2D eigenvalue weighted by atomic mass is 16.6. The minimum Gasteiger partial charge on any atom is -0.481 e. The van der Waals surface area contributed by atoms with Gasteiger partial charge in [0, 0.05) is 6.42 Å². The Bertz CT molecular complexity index is 423. The Labute approximate surface area is 153 Å². The summed E-state index contributed by atoms with van der Waals surface area (Å²) in [5, 5.41) is 8.54. The Morgan fingerprint density at radius 2 is 1.44 bits per heavy atom. The lowest BCUT2D eigenvalue weighted by molar-refractivity contribution is -0.137. The molecule has 1 N–H and O–H groups in total. The highest BCUT2D eigenvalue weighted by Crippen LogP contribution is 2.29. The Kier molecular flexibility index (Phi) is 13.0. The second-order valence-electron chi connectivity index (χ2n) is 6.82. The van der Waals surface area contributed by atoms with Gasteiger partial charge in [0.05, 0.1) is 12.2 Å². The number of hydrogen-bond donors (Lipinski definition) is 1. The molecule has 1 rings (SSSR count). The van der Waals surface area contributed by atoms with Crippen LogP contribution in [-0.4, -0.2) is 23.3 Å². The van der Waals surface area contributed by atoms with Gasteiger partial charge in [0.15, 0.2) is 0 Å². The van der Waals surface area contributed by atoms with Gasteiger partial charge < -0.3 is 9.84 Å². The maximum Gasteiger partial charge on any atom is 0.303 e. The summed E-state index contributed by atoms with van der Waals surface area (Å²) in [6.45, 7) is 2.24. The molecule has 2 atom stereocenters. The molecule has 1 heterocycles. The first kappa shape index (κ1) is 21.7. The van der Waals surface area contributed by atoms with Crippen LogP contribution in [0.15, 0.2) is 36.5 Å². The molecule has 0 amide bonds. The van der Waals surface area contributed by atoms with E-state index in [9.17, 15) is 4.79 Å². The zero-order valence-electron chi connectivity index (χ0n) is 15.9. The topological polar surface area (TPSA) is 49.8 Å². The molecule has 0 saturated carbocycles. The van der Waals surface area contributed by atoms with Crippen molar-refractivity contribution >= 4 is 5.97 Å². The van der Waals surface area contributed by atoms with E-state index in [1.165, 1.54) is 25.7 Å². The van der Waals surface area contributed by atoms with E-state index in [-0.39, 0.29) is 0 Å². The van der Waals surface area contributed by atoms with E-state index in [2.05, 4.69) is 43.4 Å². The molecule has 3 heteroatoms. The quantitative estimate of drug-likeness (QED) is 0.205. The van der Waals surface area contributed by atoms with E-state index in [1.54, 1.807) is 0 Å². The number of rotatable bonds is 16. The van der Waals surface area contributed by atoms with Crippen molar-refractivity contribution in [3.8, 4) is 0 Å². The second kappa shape index (κ2) is 14.9. The molecule has 0 aromatic carbocycles. The normalized spacial score (nSPS) is 20.2. The van der Waals surface area contributed by atoms with Gasteiger partial charge in [-0.05, 0) is 51.4 Å². The molecule has 0 aliphatic carbocycles. The molecule has 0 bridgehead atoms. The Hall–Kier alpha value is -1.35. The number of carbonyl (C=O) groups is 1. The van der Waals surface area contributed by atoms with Crippen molar-refractivity contribution in [2.75, 3.05) is 0 Å². The minimum atomic E-state index is -0.689. The lowest BCUT2D eigenvalue weighted by Crippen LogP contribution is -1.93. The van der Waals surface area contributed by atoms with Crippen LogP contribution in [0.4, 0.5) is 0 Å². The Balaban J connectivity index is 1.89. The SMILES string of the molecule is CCCCC/C=C\C[C@@H]1O[C@@H]1C/C=C\C/C=C\CCCCCC(=O)O. The van der Waals surface area contributed by atoms with Gasteiger partial charge in [0.25, 0.3) is 0 Å². The van der Waals surface area contributed by atoms with Gasteiger partial charge in [0.2, 0.25) is 0 Å². The molecule has 1 aliphatic heterocycles. The van der Waals surface area contributed by atoms with E-state index in [1.807, 2.05) is 0 Å². The van der Waals surface area contributed by atoms with Crippen LogP contribution >= 0.6 is 0 Å². The number of aliphatic carboxylic acids is 1. The fraction of sp³-hybridized carbons (Fsp3) is 0.682. The van der Waals surface area contributed by atoms with Crippen LogP contribution in [0.2, 0.25) is 0 Å². The average Bonchev–Trinajstić information content (AvgIpc) is 3.34. The van der Waals surface area contributed by atoms with Gasteiger partial charge in [-0.3, -0.25) is 4.79 Å². The molecule has 25 heavy (non-hydrogen) atoms. The summed E-state index contributed by atoms with van der Waals surface area (Å²) >= 11 is 0. The van der Waals surface area contributed by atoms with Gasteiger partial charge in [-0.1, -0.05) is 62.6 Å². The molecule has 3 nitrogen and oxygen atoms in total. The van der Waals surface area contributed by atoms with Crippen molar-refractivity contribution < 1.29 is 14.6 Å². The smallest absolute Gasteiger partial charge is 0.303 e. The van der Waals surface area contributed by atoms with E-state index in [0.717, 1.165) is 44.9 Å². The van der Waals surface area contributed by atoms with Crippen molar-refractivity contribution in [2.45, 2.75) is 96.2 Å². The summed E-state index contributed by atoms with van der Waals surface area (Å²) < 4.78 is 5.68. The average molecular weight is 349 g/mol. The number of carboxylic acids is 1. The molecule has 1 fully saturated rings. The van der Waals surface area contributed by atoms with Gasteiger partial charge in [-0.2, -0.15) is 0 Å². The van der Waals surface area contributed by atoms with Crippen molar-refractivity contribution in [3.05, 3.63) is 36.5 Å². The first-order valence-corrected chi connectivity index (χ1v) is 10.1. The van der Waals surface area contributed by atoms with E-state index < -0.39 is 5.97 Å². The van der Waals surface area contributed by atoms with Gasteiger partial charge >= 0.3 is 5.97 Å². The van der Waals surface area contributed by atoms with Crippen molar-refractivity contribution in [1.29, 1.82) is 0 Å². The maximum absolute atomic E-state index is 10.4. The fourth-order valence-electron chi connectivity index (χ4n) is 2.79. The third-order valence-corrected chi connectivity index (χ3v) is 4.43. The summed E-state index contributed by atoms with van der Waals surface area (Å²) in [4.78, 5) is 10.4. The number of unbranched alkanes of at least 4 members (excludes halogenated alkanes) is 6. The summed E-state index contributed by atoms with van der Waals surface area (Å²) in [6.07, 6.45) is 26.7. The second-order valence-corrected chi connectivity index (χ2v) is 6.82. The Morgan fingerprint density at radius 3 is 2.12 bits per heavy atom. The molecule has 0 aromatic rings. The maximum atomic E-state index is 10.4. The number of epoxide rings is 1. The third-order valence-electron chi connectivity index (χ3n) is 4.43. The number of ether oxygens (including phenoxy) is 1. The molecule has 142 valence electrons. The fourth-order valence-corrected chi connectivity index (χ4v) is 2.79. The first-order valence-electron chi connectivity index (χ1n) is 10.1. The summed E-state index contributed by atoms with van der Waals surface area (Å²) in [6, 6.07) is 0. The van der Waals surface area contributed by atoms with Crippen LogP contribution in [0.5, 0.6) is 0 Å². The summed E-state index contributed by atoms with van der Waals surface area (Å²) in [5.41, 5.74) is 0. The van der Waals surface area contributed by atoms with Crippen LogP contribution in [0.1, 0.15) is 84.0 Å². The van der Waals surface area contributed by atoms with Crippen molar-refractivity contribution in [3.63, 3.8) is 0 Å². The molecular formula is C22H36O3. The zero-order valence-corrected chi connectivity index (χ0v) is 15.9.